The van der Waals surface area contributed by atoms with Gasteiger partial charge in [-0.2, -0.15) is 5.26 Å². The summed E-state index contributed by atoms with van der Waals surface area (Å²) in [5.41, 5.74) is 2.70. The van der Waals surface area contributed by atoms with E-state index in [0.717, 1.165) is 28.2 Å². The van der Waals surface area contributed by atoms with Crippen LogP contribution in [-0.2, 0) is 6.54 Å². The number of rotatable bonds is 3. The van der Waals surface area contributed by atoms with Gasteiger partial charge in [-0.25, -0.2) is 0 Å². The fourth-order valence-corrected chi connectivity index (χ4v) is 3.03. The quantitative estimate of drug-likeness (QED) is 0.946. The molecule has 0 bridgehead atoms. The highest BCUT2D eigenvalue weighted by Crippen LogP contribution is 2.34. The van der Waals surface area contributed by atoms with E-state index in [2.05, 4.69) is 4.99 Å². The van der Waals surface area contributed by atoms with Gasteiger partial charge in [-0.05, 0) is 12.1 Å². The van der Waals surface area contributed by atoms with Gasteiger partial charge in [0.25, 0.3) is 0 Å². The molecule has 21 heavy (non-hydrogen) atoms. The molecule has 2 heterocycles. The first-order chi connectivity index (χ1) is 10.2. The Kier molecular flexibility index (Phi) is 3.42. The van der Waals surface area contributed by atoms with Crippen molar-refractivity contribution in [1.29, 1.82) is 5.26 Å². The number of nitrogens with zero attached hydrogens (tertiary/aromatic N) is 3. The van der Waals surface area contributed by atoms with Gasteiger partial charge in [0.05, 0.1) is 23.1 Å². The fourth-order valence-electron chi connectivity index (χ4n) is 2.16. The Bertz CT molecular complexity index is 853. The van der Waals surface area contributed by atoms with Gasteiger partial charge < -0.3 is 5.11 Å². The van der Waals surface area contributed by atoms with Crippen LogP contribution in [0, 0.1) is 11.3 Å². The molecule has 1 aliphatic rings. The monoisotopic (exact) mass is 297 g/mol. The average molecular weight is 297 g/mol. The highest BCUT2D eigenvalue weighted by molar-refractivity contribution is 7.10. The molecule has 1 aromatic heterocycles. The van der Waals surface area contributed by atoms with Gasteiger partial charge in [-0.3, -0.25) is 14.4 Å². The lowest BCUT2D eigenvalue weighted by Gasteiger charge is -2.00. The standard InChI is InChI=1S/C15H11N3O2S/c16-6-3-7-18-14(19)13(21-15(18)20)8-10-9-17-12-5-2-1-4-11(10)12/h1-2,4-5,8-9,19H,3,7H2/b10-8+. The van der Waals surface area contributed by atoms with Crippen LogP contribution < -0.4 is 4.87 Å². The van der Waals surface area contributed by atoms with Crippen LogP contribution in [0.5, 0.6) is 5.88 Å². The zero-order valence-electron chi connectivity index (χ0n) is 11.0. The number of hydrogen-bond acceptors (Lipinski definition) is 5. The van der Waals surface area contributed by atoms with E-state index in [-0.39, 0.29) is 23.7 Å². The molecule has 0 saturated carbocycles. The van der Waals surface area contributed by atoms with E-state index in [1.165, 1.54) is 4.57 Å². The summed E-state index contributed by atoms with van der Waals surface area (Å²) in [6.07, 6.45) is 3.65. The maximum absolute atomic E-state index is 11.8. The first kappa shape index (κ1) is 13.3. The van der Waals surface area contributed by atoms with E-state index < -0.39 is 0 Å². The summed E-state index contributed by atoms with van der Waals surface area (Å²) in [6, 6.07) is 9.65. The molecule has 5 nitrogen and oxygen atoms in total. The predicted octanol–water partition coefficient (Wildman–Crippen LogP) is 2.79. The summed E-state index contributed by atoms with van der Waals surface area (Å²) >= 11 is 0.963. The first-order valence-electron chi connectivity index (χ1n) is 6.35. The van der Waals surface area contributed by atoms with Crippen LogP contribution in [0.1, 0.15) is 16.9 Å². The Labute approximate surface area is 124 Å². The minimum absolute atomic E-state index is 0.0921. The second-order valence-electron chi connectivity index (χ2n) is 4.49. The number of aliphatic imine (C=N–C) groups is 1. The lowest BCUT2D eigenvalue weighted by Crippen LogP contribution is -2.11. The number of hydrogen-bond donors (Lipinski definition) is 1. The van der Waals surface area contributed by atoms with Crippen molar-refractivity contribution in [1.82, 2.24) is 4.57 Å². The molecule has 1 aliphatic heterocycles. The van der Waals surface area contributed by atoms with Crippen molar-refractivity contribution in [3.8, 4) is 11.9 Å². The van der Waals surface area contributed by atoms with E-state index in [1.807, 2.05) is 30.3 Å². The largest absolute Gasteiger partial charge is 0.493 e. The Balaban J connectivity index is 2.01. The lowest BCUT2D eigenvalue weighted by atomic mass is 10.1. The Morgan fingerprint density at radius 1 is 1.43 bits per heavy atom. The van der Waals surface area contributed by atoms with Crippen molar-refractivity contribution in [2.45, 2.75) is 13.0 Å². The molecule has 0 fully saturated rings. The maximum atomic E-state index is 11.8. The molecule has 0 radical (unpaired) electrons. The molecular weight excluding hydrogens is 286 g/mol. The number of aromatic hydroxyl groups is 1. The summed E-state index contributed by atoms with van der Waals surface area (Å²) in [7, 11) is 0. The second kappa shape index (κ2) is 5.38. The first-order valence-corrected chi connectivity index (χ1v) is 7.17. The fraction of sp³-hybridized carbons (Fsp3) is 0.133. The van der Waals surface area contributed by atoms with Crippen molar-refractivity contribution in [2.24, 2.45) is 4.99 Å². The number of para-hydroxylation sites is 1. The van der Waals surface area contributed by atoms with Gasteiger partial charge in [0.15, 0.2) is 0 Å². The highest BCUT2D eigenvalue weighted by Gasteiger charge is 2.16. The van der Waals surface area contributed by atoms with Gasteiger partial charge in [0.2, 0.25) is 5.88 Å². The van der Waals surface area contributed by atoms with Gasteiger partial charge >= 0.3 is 4.87 Å². The third kappa shape index (κ3) is 2.39. The topological polar surface area (TPSA) is 78.4 Å². The van der Waals surface area contributed by atoms with Crippen LogP contribution in [-0.4, -0.2) is 15.9 Å². The van der Waals surface area contributed by atoms with Crippen molar-refractivity contribution in [3.05, 3.63) is 44.4 Å². The molecule has 0 amide bonds. The van der Waals surface area contributed by atoms with Gasteiger partial charge in [-0.1, -0.05) is 29.5 Å². The second-order valence-corrected chi connectivity index (χ2v) is 5.48. The summed E-state index contributed by atoms with van der Waals surface area (Å²) in [6.45, 7) is 0.200. The molecule has 0 aliphatic carbocycles. The van der Waals surface area contributed by atoms with E-state index >= 15 is 0 Å². The molecule has 104 valence electrons. The molecular formula is C15H11N3O2S. The number of aromatic nitrogens is 1. The normalized spacial score (nSPS) is 14.3. The predicted molar refractivity (Wildman–Crippen MR) is 82.9 cm³/mol. The van der Waals surface area contributed by atoms with Gasteiger partial charge in [-0.15, -0.1) is 0 Å². The Morgan fingerprint density at radius 2 is 2.24 bits per heavy atom. The summed E-state index contributed by atoms with van der Waals surface area (Å²) in [5, 5.41) is 18.7. The molecule has 0 unspecified atom stereocenters. The third-order valence-electron chi connectivity index (χ3n) is 3.19. The lowest BCUT2D eigenvalue weighted by molar-refractivity contribution is 0.414. The van der Waals surface area contributed by atoms with Crippen LogP contribution in [0.15, 0.2) is 34.1 Å². The molecule has 0 spiro atoms. The number of allylic oxidation sites excluding steroid dienone is 1. The molecule has 0 atom stereocenters. The minimum Gasteiger partial charge on any atom is -0.493 e. The van der Waals surface area contributed by atoms with E-state index in [1.54, 1.807) is 12.3 Å². The molecule has 2 aromatic rings. The van der Waals surface area contributed by atoms with E-state index in [0.29, 0.717) is 4.88 Å². The van der Waals surface area contributed by atoms with Crippen molar-refractivity contribution in [3.63, 3.8) is 0 Å². The van der Waals surface area contributed by atoms with E-state index in [4.69, 9.17) is 5.26 Å². The summed E-state index contributed by atoms with van der Waals surface area (Å²) in [4.78, 5) is 16.3. The number of nitriles is 1. The molecule has 0 saturated heterocycles. The smallest absolute Gasteiger partial charge is 0.310 e. The van der Waals surface area contributed by atoms with Crippen LogP contribution in [0.2, 0.25) is 0 Å². The molecule has 3 rings (SSSR count). The van der Waals surface area contributed by atoms with Crippen molar-refractivity contribution < 1.29 is 5.11 Å². The van der Waals surface area contributed by atoms with Crippen LogP contribution in [0.25, 0.3) is 11.6 Å². The van der Waals surface area contributed by atoms with Gasteiger partial charge in [0.1, 0.15) is 0 Å². The zero-order chi connectivity index (χ0) is 14.8. The minimum atomic E-state index is -0.266. The summed E-state index contributed by atoms with van der Waals surface area (Å²) in [5.74, 6) is -0.0921. The number of thiazole rings is 1. The van der Waals surface area contributed by atoms with Crippen LogP contribution in [0.4, 0.5) is 5.69 Å². The third-order valence-corrected chi connectivity index (χ3v) is 4.10. The van der Waals surface area contributed by atoms with Gasteiger partial charge in [0, 0.05) is 23.9 Å². The Hall–Kier alpha value is -2.65. The summed E-state index contributed by atoms with van der Waals surface area (Å²) < 4.78 is 1.22. The van der Waals surface area contributed by atoms with Crippen LogP contribution in [0.3, 0.4) is 0 Å². The van der Waals surface area contributed by atoms with Crippen molar-refractivity contribution in [2.75, 3.05) is 0 Å². The molecule has 1 aromatic carbocycles. The molecule has 6 heteroatoms. The average Bonchev–Trinajstić information content (AvgIpc) is 3.01. The Morgan fingerprint density at radius 3 is 3.05 bits per heavy atom. The SMILES string of the molecule is N#CCCn1c(O)c(/C=C2\C=Nc3ccccc32)sc1=O. The zero-order valence-corrected chi connectivity index (χ0v) is 11.8. The number of benzene rings is 1. The number of fused-ring (bicyclic) bond motifs is 1. The highest BCUT2D eigenvalue weighted by atomic mass is 32.1. The maximum Gasteiger partial charge on any atom is 0.310 e. The van der Waals surface area contributed by atoms with Crippen LogP contribution >= 0.6 is 11.3 Å². The molecule has 1 N–H and O–H groups in total. The van der Waals surface area contributed by atoms with E-state index in [9.17, 15) is 9.90 Å². The van der Waals surface area contributed by atoms with Crippen molar-refractivity contribution >= 4 is 34.9 Å².